The third-order valence-electron chi connectivity index (χ3n) is 4.36. The number of hydrogen-bond acceptors (Lipinski definition) is 6. The fourth-order valence-corrected chi connectivity index (χ4v) is 3.25. The number of nitrogens with one attached hydrogen (secondary N) is 1. The van der Waals surface area contributed by atoms with Crippen LogP contribution in [0.1, 0.15) is 36.1 Å². The molecule has 0 radical (unpaired) electrons. The lowest BCUT2D eigenvalue weighted by Crippen LogP contribution is -2.26. The summed E-state index contributed by atoms with van der Waals surface area (Å²) < 4.78 is 11.6. The maximum atomic E-state index is 12.3. The third kappa shape index (κ3) is 3.22. The molecular weight excluding hydrogens is 338 g/mol. The third-order valence-corrected chi connectivity index (χ3v) is 4.36. The maximum absolute atomic E-state index is 12.3. The highest BCUT2D eigenvalue weighted by atomic mass is 16.5. The lowest BCUT2D eigenvalue weighted by Gasteiger charge is -2.24. The van der Waals surface area contributed by atoms with E-state index in [4.69, 9.17) is 9.47 Å². The standard InChI is InChI=1S/C18H21N3O5/c1-4-26-16(24)9-21-18-17(10(2)20-21)12(8-15(23)19-18)11-5-6-13(22)14(7-11)25-3/h5-7,12,22H,4,8-9H2,1-3H3,(H,19,23)/t12-/m0/s1. The van der Waals surface area contributed by atoms with Crippen molar-refractivity contribution >= 4 is 17.7 Å². The summed E-state index contributed by atoms with van der Waals surface area (Å²) in [5, 5.41) is 17.0. The summed E-state index contributed by atoms with van der Waals surface area (Å²) >= 11 is 0. The van der Waals surface area contributed by atoms with Gasteiger partial charge in [0.2, 0.25) is 5.91 Å². The predicted molar refractivity (Wildman–Crippen MR) is 93.3 cm³/mol. The first-order valence-corrected chi connectivity index (χ1v) is 8.34. The maximum Gasteiger partial charge on any atom is 0.327 e. The lowest BCUT2D eigenvalue weighted by atomic mass is 9.85. The van der Waals surface area contributed by atoms with E-state index in [0.717, 1.165) is 16.8 Å². The van der Waals surface area contributed by atoms with Crippen LogP contribution in [0.15, 0.2) is 18.2 Å². The van der Waals surface area contributed by atoms with Crippen molar-refractivity contribution in [2.24, 2.45) is 0 Å². The average Bonchev–Trinajstić information content (AvgIpc) is 2.90. The Hall–Kier alpha value is -3.03. The van der Waals surface area contributed by atoms with Gasteiger partial charge in [-0.1, -0.05) is 6.07 Å². The number of carbonyl (C=O) groups is 2. The summed E-state index contributed by atoms with van der Waals surface area (Å²) in [4.78, 5) is 24.1. The molecule has 3 rings (SSSR count). The first-order chi connectivity index (χ1) is 12.4. The highest BCUT2D eigenvalue weighted by Crippen LogP contribution is 2.41. The molecule has 1 aliphatic rings. The van der Waals surface area contributed by atoms with Crippen LogP contribution in [-0.2, 0) is 20.9 Å². The number of fused-ring (bicyclic) bond motifs is 1. The number of methoxy groups -OCH3 is 1. The van der Waals surface area contributed by atoms with Gasteiger partial charge in [-0.15, -0.1) is 0 Å². The molecule has 1 atom stereocenters. The van der Waals surface area contributed by atoms with Crippen molar-refractivity contribution in [2.45, 2.75) is 32.7 Å². The topological polar surface area (TPSA) is 103 Å². The number of anilines is 1. The van der Waals surface area contributed by atoms with Gasteiger partial charge in [0, 0.05) is 17.9 Å². The van der Waals surface area contributed by atoms with Crippen molar-refractivity contribution in [3.05, 3.63) is 35.0 Å². The van der Waals surface area contributed by atoms with E-state index in [-0.39, 0.29) is 37.1 Å². The van der Waals surface area contributed by atoms with Crippen molar-refractivity contribution < 1.29 is 24.2 Å². The molecule has 1 aromatic heterocycles. The Bertz CT molecular complexity index is 859. The number of nitrogens with zero attached hydrogens (tertiary/aromatic N) is 2. The SMILES string of the molecule is CCOC(=O)Cn1nc(C)c2c1NC(=O)C[C@H]2c1ccc(O)c(OC)c1. The summed E-state index contributed by atoms with van der Waals surface area (Å²) in [7, 11) is 1.47. The van der Waals surface area contributed by atoms with Gasteiger partial charge >= 0.3 is 5.97 Å². The Balaban J connectivity index is 2.03. The van der Waals surface area contributed by atoms with E-state index in [0.29, 0.717) is 11.6 Å². The monoisotopic (exact) mass is 359 g/mol. The van der Waals surface area contributed by atoms with Crippen molar-refractivity contribution in [3.63, 3.8) is 0 Å². The summed E-state index contributed by atoms with van der Waals surface area (Å²) in [6.07, 6.45) is 0.243. The number of amides is 1. The molecule has 1 aromatic carbocycles. The number of phenolic OH excluding ortho intramolecular Hbond substituents is 1. The van der Waals surface area contributed by atoms with Gasteiger partial charge in [-0.2, -0.15) is 5.10 Å². The Kier molecular flexibility index (Phi) is 4.83. The molecule has 0 aliphatic carbocycles. The van der Waals surface area contributed by atoms with E-state index in [1.54, 1.807) is 25.1 Å². The second-order valence-electron chi connectivity index (χ2n) is 6.05. The fourth-order valence-electron chi connectivity index (χ4n) is 3.25. The molecule has 0 saturated carbocycles. The number of benzene rings is 1. The molecule has 8 heteroatoms. The van der Waals surface area contributed by atoms with Crippen LogP contribution in [0.4, 0.5) is 5.82 Å². The zero-order valence-electron chi connectivity index (χ0n) is 14.9. The Morgan fingerprint density at radius 2 is 2.23 bits per heavy atom. The van der Waals surface area contributed by atoms with Gasteiger partial charge < -0.3 is 19.9 Å². The Morgan fingerprint density at radius 3 is 2.92 bits per heavy atom. The van der Waals surface area contributed by atoms with E-state index in [9.17, 15) is 14.7 Å². The number of esters is 1. The van der Waals surface area contributed by atoms with Gasteiger partial charge in [0.15, 0.2) is 11.5 Å². The summed E-state index contributed by atoms with van der Waals surface area (Å²) in [6.45, 7) is 3.78. The molecule has 1 aliphatic heterocycles. The zero-order valence-corrected chi connectivity index (χ0v) is 14.9. The quantitative estimate of drug-likeness (QED) is 0.791. The van der Waals surface area contributed by atoms with E-state index in [1.165, 1.54) is 11.8 Å². The van der Waals surface area contributed by atoms with E-state index in [2.05, 4.69) is 10.4 Å². The van der Waals surface area contributed by atoms with Gasteiger partial charge in [-0.3, -0.25) is 9.59 Å². The number of aromatic nitrogens is 2. The van der Waals surface area contributed by atoms with Gasteiger partial charge in [0.1, 0.15) is 12.4 Å². The summed E-state index contributed by atoms with van der Waals surface area (Å²) in [6, 6.07) is 5.01. The van der Waals surface area contributed by atoms with Crippen LogP contribution in [-0.4, -0.2) is 40.5 Å². The lowest BCUT2D eigenvalue weighted by molar-refractivity contribution is -0.144. The molecule has 26 heavy (non-hydrogen) atoms. The second kappa shape index (κ2) is 7.07. The smallest absolute Gasteiger partial charge is 0.327 e. The molecule has 2 N–H and O–H groups in total. The number of carbonyl (C=O) groups excluding carboxylic acids is 2. The van der Waals surface area contributed by atoms with Crippen LogP contribution >= 0.6 is 0 Å². The molecule has 138 valence electrons. The number of rotatable bonds is 5. The van der Waals surface area contributed by atoms with Crippen LogP contribution in [0.25, 0.3) is 0 Å². The number of hydrogen-bond donors (Lipinski definition) is 2. The minimum atomic E-state index is -0.416. The van der Waals surface area contributed by atoms with Crippen molar-refractivity contribution in [1.82, 2.24) is 9.78 Å². The van der Waals surface area contributed by atoms with Gasteiger partial charge in [0.05, 0.1) is 19.4 Å². The normalized spacial score (nSPS) is 16.0. The van der Waals surface area contributed by atoms with Crippen LogP contribution in [0.2, 0.25) is 0 Å². The number of aromatic hydroxyl groups is 1. The highest BCUT2D eigenvalue weighted by molar-refractivity contribution is 5.95. The Morgan fingerprint density at radius 1 is 1.46 bits per heavy atom. The van der Waals surface area contributed by atoms with E-state index in [1.807, 2.05) is 6.92 Å². The molecule has 0 saturated heterocycles. The minimum Gasteiger partial charge on any atom is -0.504 e. The summed E-state index contributed by atoms with van der Waals surface area (Å²) in [5.74, 6) is 0.0473. The van der Waals surface area contributed by atoms with E-state index >= 15 is 0 Å². The molecule has 0 bridgehead atoms. The molecule has 8 nitrogen and oxygen atoms in total. The van der Waals surface area contributed by atoms with Crippen molar-refractivity contribution in [1.29, 1.82) is 0 Å². The first kappa shape index (κ1) is 17.8. The Labute approximate surface area is 150 Å². The average molecular weight is 359 g/mol. The zero-order chi connectivity index (χ0) is 18.8. The fraction of sp³-hybridized carbons (Fsp3) is 0.389. The van der Waals surface area contributed by atoms with Crippen LogP contribution in [0.5, 0.6) is 11.5 Å². The molecule has 2 heterocycles. The number of ether oxygens (including phenoxy) is 2. The predicted octanol–water partition coefficient (Wildman–Crippen LogP) is 1.94. The van der Waals surface area contributed by atoms with Crippen molar-refractivity contribution in [3.8, 4) is 11.5 Å². The largest absolute Gasteiger partial charge is 0.504 e. The minimum absolute atomic E-state index is 0.0338. The molecule has 0 unspecified atom stereocenters. The van der Waals surface area contributed by atoms with Crippen LogP contribution < -0.4 is 10.1 Å². The number of phenols is 1. The molecule has 2 aromatic rings. The summed E-state index contributed by atoms with van der Waals surface area (Å²) in [5.41, 5.74) is 2.40. The van der Waals surface area contributed by atoms with Crippen molar-refractivity contribution in [2.75, 3.05) is 19.0 Å². The van der Waals surface area contributed by atoms with Crippen LogP contribution in [0.3, 0.4) is 0 Å². The van der Waals surface area contributed by atoms with Crippen LogP contribution in [0, 0.1) is 6.92 Å². The van der Waals surface area contributed by atoms with Gasteiger partial charge in [-0.25, -0.2) is 4.68 Å². The molecule has 1 amide bonds. The highest BCUT2D eigenvalue weighted by Gasteiger charge is 2.33. The van der Waals surface area contributed by atoms with Gasteiger partial charge in [-0.05, 0) is 31.5 Å². The first-order valence-electron chi connectivity index (χ1n) is 8.34. The molecule has 0 fully saturated rings. The van der Waals surface area contributed by atoms with Gasteiger partial charge in [0.25, 0.3) is 0 Å². The second-order valence-corrected chi connectivity index (χ2v) is 6.05. The number of aryl methyl sites for hydroxylation is 1. The molecular formula is C18H21N3O5. The molecule has 0 spiro atoms. The van der Waals surface area contributed by atoms with E-state index < -0.39 is 5.97 Å².